The van der Waals surface area contributed by atoms with Gasteiger partial charge in [0.15, 0.2) is 5.82 Å². The number of halogens is 3. The number of benzene rings is 2. The van der Waals surface area contributed by atoms with Crippen LogP contribution >= 0.6 is 0 Å². The Morgan fingerprint density at radius 2 is 1.76 bits per heavy atom. The summed E-state index contributed by atoms with van der Waals surface area (Å²) in [4.78, 5) is 23.3. The van der Waals surface area contributed by atoms with Gasteiger partial charge in [0, 0.05) is 37.6 Å². The predicted molar refractivity (Wildman–Crippen MR) is 153 cm³/mol. The summed E-state index contributed by atoms with van der Waals surface area (Å²) in [6.45, 7) is 2.63. The van der Waals surface area contributed by atoms with Gasteiger partial charge in [-0.05, 0) is 61.0 Å². The number of fused-ring (bicyclic) bond motifs is 1. The highest BCUT2D eigenvalue weighted by molar-refractivity contribution is 6.07. The molecule has 42 heavy (non-hydrogen) atoms. The number of carbonyl (C=O) groups excluding carboxylic acids is 1. The Morgan fingerprint density at radius 1 is 1.02 bits per heavy atom. The van der Waals surface area contributed by atoms with E-state index in [2.05, 4.69) is 15.4 Å². The van der Waals surface area contributed by atoms with Crippen molar-refractivity contribution in [1.82, 2.24) is 30.0 Å². The van der Waals surface area contributed by atoms with Gasteiger partial charge >= 0.3 is 6.18 Å². The quantitative estimate of drug-likeness (QED) is 0.243. The highest BCUT2D eigenvalue weighted by Gasteiger charge is 2.33. The smallest absolute Gasteiger partial charge is 0.433 e. The lowest BCUT2D eigenvalue weighted by Crippen LogP contribution is -2.22. The summed E-state index contributed by atoms with van der Waals surface area (Å²) in [6, 6.07) is 20.4. The second kappa shape index (κ2) is 11.6. The van der Waals surface area contributed by atoms with Gasteiger partial charge in [-0.2, -0.15) is 18.3 Å². The van der Waals surface area contributed by atoms with Crippen LogP contribution in [0.15, 0.2) is 79.0 Å². The van der Waals surface area contributed by atoms with Crippen molar-refractivity contribution in [2.45, 2.75) is 25.7 Å². The largest absolute Gasteiger partial charge is 0.497 e. The fourth-order valence-corrected chi connectivity index (χ4v) is 4.55. The normalized spacial score (nSPS) is 12.4. The molecule has 216 valence electrons. The van der Waals surface area contributed by atoms with Crippen molar-refractivity contribution in [1.29, 1.82) is 0 Å². The molecule has 8 nitrogen and oxygen atoms in total. The molecule has 0 saturated heterocycles. The van der Waals surface area contributed by atoms with Crippen LogP contribution in [-0.2, 0) is 12.7 Å². The number of carbonyl (C=O) groups is 1. The molecule has 5 aromatic rings. The lowest BCUT2D eigenvalue weighted by atomic mass is 10.0. The molecule has 0 bridgehead atoms. The van der Waals surface area contributed by atoms with Gasteiger partial charge in [0.2, 0.25) is 0 Å². The Labute approximate surface area is 240 Å². The zero-order chi connectivity index (χ0) is 30.0. The van der Waals surface area contributed by atoms with Crippen LogP contribution in [0.2, 0.25) is 0 Å². The van der Waals surface area contributed by atoms with Crippen molar-refractivity contribution in [3.63, 3.8) is 0 Å². The molecule has 0 aliphatic heterocycles. The minimum Gasteiger partial charge on any atom is -0.497 e. The Morgan fingerprint density at radius 3 is 2.45 bits per heavy atom. The fourth-order valence-electron chi connectivity index (χ4n) is 4.55. The van der Waals surface area contributed by atoms with Crippen LogP contribution in [0.1, 0.15) is 40.3 Å². The molecule has 2 aromatic carbocycles. The lowest BCUT2D eigenvalue weighted by Gasteiger charge is -2.16. The molecular weight excluding hydrogens is 545 g/mol. The van der Waals surface area contributed by atoms with E-state index in [4.69, 9.17) is 9.72 Å². The van der Waals surface area contributed by atoms with Crippen molar-refractivity contribution in [2.75, 3.05) is 21.2 Å². The summed E-state index contributed by atoms with van der Waals surface area (Å²) >= 11 is 0. The molecule has 0 aliphatic rings. The van der Waals surface area contributed by atoms with E-state index in [1.54, 1.807) is 33.3 Å². The first-order valence-corrected chi connectivity index (χ1v) is 13.2. The lowest BCUT2D eigenvalue weighted by molar-refractivity contribution is -0.141. The number of pyridine rings is 2. The first kappa shape index (κ1) is 28.7. The topological polar surface area (TPSA) is 85.2 Å². The summed E-state index contributed by atoms with van der Waals surface area (Å²) in [5.74, 6) is 0.498. The number of hydrogen-bond donors (Lipinski definition) is 1. The van der Waals surface area contributed by atoms with E-state index in [-0.39, 0.29) is 17.8 Å². The van der Waals surface area contributed by atoms with Crippen LogP contribution in [0.4, 0.5) is 13.2 Å². The molecule has 11 heteroatoms. The third kappa shape index (κ3) is 5.96. The van der Waals surface area contributed by atoms with Crippen LogP contribution in [-0.4, -0.2) is 51.8 Å². The molecule has 0 aliphatic carbocycles. The molecule has 0 spiro atoms. The zero-order valence-corrected chi connectivity index (χ0v) is 23.5. The summed E-state index contributed by atoms with van der Waals surface area (Å²) < 4.78 is 46.7. The highest BCUT2D eigenvalue weighted by atomic mass is 19.4. The number of nitrogens with one attached hydrogen (secondary N) is 1. The first-order chi connectivity index (χ1) is 20.0. The minimum absolute atomic E-state index is 0.0155. The number of hydrogen-bond acceptors (Lipinski definition) is 6. The summed E-state index contributed by atoms with van der Waals surface area (Å²) in [7, 11) is 4.89. The maximum atomic E-state index is 13.4. The molecule has 1 unspecified atom stereocenters. The molecule has 0 radical (unpaired) electrons. The SMILES string of the molecule is COc1ccc(CNC(C)c2cccc(-c3cc(C(=O)N(C)C)c4cnn(-c5cccc(C(F)(F)F)n5)c4c3)n2)cc1. The maximum Gasteiger partial charge on any atom is 0.433 e. The second-order valence-corrected chi connectivity index (χ2v) is 9.99. The van der Waals surface area contributed by atoms with E-state index < -0.39 is 11.9 Å². The Bertz CT molecular complexity index is 1730. The summed E-state index contributed by atoms with van der Waals surface area (Å²) in [5.41, 5.74) is 2.85. The van der Waals surface area contributed by atoms with E-state index in [0.717, 1.165) is 23.1 Å². The zero-order valence-electron chi connectivity index (χ0n) is 23.5. The van der Waals surface area contributed by atoms with Crippen molar-refractivity contribution in [3.8, 4) is 22.8 Å². The number of nitrogens with zero attached hydrogens (tertiary/aromatic N) is 5. The summed E-state index contributed by atoms with van der Waals surface area (Å²) in [6.07, 6.45) is -3.15. The number of rotatable bonds is 8. The van der Waals surface area contributed by atoms with Gasteiger partial charge in [-0.15, -0.1) is 0 Å². The van der Waals surface area contributed by atoms with Gasteiger partial charge in [0.1, 0.15) is 11.4 Å². The average molecular weight is 575 g/mol. The van der Waals surface area contributed by atoms with E-state index in [1.807, 2.05) is 49.4 Å². The third-order valence-electron chi connectivity index (χ3n) is 6.85. The molecule has 3 heterocycles. The molecule has 5 rings (SSSR count). The third-order valence-corrected chi connectivity index (χ3v) is 6.85. The van der Waals surface area contributed by atoms with E-state index in [1.165, 1.54) is 27.9 Å². The van der Waals surface area contributed by atoms with Crippen LogP contribution in [0, 0.1) is 0 Å². The van der Waals surface area contributed by atoms with Crippen LogP contribution < -0.4 is 10.1 Å². The highest BCUT2D eigenvalue weighted by Crippen LogP contribution is 2.31. The van der Waals surface area contributed by atoms with Crippen molar-refractivity contribution >= 4 is 16.8 Å². The Balaban J connectivity index is 1.53. The van der Waals surface area contributed by atoms with Gasteiger partial charge in [0.05, 0.1) is 35.8 Å². The molecule has 0 saturated carbocycles. The second-order valence-electron chi connectivity index (χ2n) is 9.99. The molecule has 1 atom stereocenters. The molecule has 3 aromatic heterocycles. The van der Waals surface area contributed by atoms with E-state index >= 15 is 0 Å². The molecular formula is C31H29F3N6O2. The van der Waals surface area contributed by atoms with E-state index in [9.17, 15) is 18.0 Å². The van der Waals surface area contributed by atoms with Crippen molar-refractivity contribution in [2.24, 2.45) is 0 Å². The van der Waals surface area contributed by atoms with Gasteiger partial charge in [-0.25, -0.2) is 9.67 Å². The van der Waals surface area contributed by atoms with Crippen LogP contribution in [0.3, 0.4) is 0 Å². The predicted octanol–water partition coefficient (Wildman–Crippen LogP) is 6.06. The average Bonchev–Trinajstić information content (AvgIpc) is 3.43. The minimum atomic E-state index is -4.61. The molecule has 1 N–H and O–H groups in total. The van der Waals surface area contributed by atoms with Gasteiger partial charge in [0.25, 0.3) is 5.91 Å². The number of amides is 1. The van der Waals surface area contributed by atoms with Crippen molar-refractivity contribution < 1.29 is 22.7 Å². The Kier molecular flexibility index (Phi) is 7.95. The number of ether oxygens (including phenoxy) is 1. The van der Waals surface area contributed by atoms with Gasteiger partial charge in [-0.3, -0.25) is 9.78 Å². The summed E-state index contributed by atoms with van der Waals surface area (Å²) in [5, 5.41) is 8.27. The first-order valence-electron chi connectivity index (χ1n) is 13.2. The maximum absolute atomic E-state index is 13.4. The standard InChI is InChI=1S/C31H29F3N6O2/c1-19(35-17-20-11-13-22(42-4)14-12-20)25-7-5-8-26(37-25)21-15-23(30(41)39(2)3)24-18-36-40(27(24)16-21)29-10-6-9-28(38-29)31(32,33)34/h5-16,18-19,35H,17H2,1-4H3. The van der Waals surface area contributed by atoms with Gasteiger partial charge in [-0.1, -0.05) is 24.3 Å². The van der Waals surface area contributed by atoms with Crippen LogP contribution in [0.25, 0.3) is 28.0 Å². The number of alkyl halides is 3. The van der Waals surface area contributed by atoms with Crippen molar-refractivity contribution in [3.05, 3.63) is 102 Å². The number of aromatic nitrogens is 4. The van der Waals surface area contributed by atoms with Gasteiger partial charge < -0.3 is 15.0 Å². The molecule has 1 amide bonds. The van der Waals surface area contributed by atoms with Crippen LogP contribution in [0.5, 0.6) is 5.75 Å². The fraction of sp³-hybridized carbons (Fsp3) is 0.226. The number of methoxy groups -OCH3 is 1. The van der Waals surface area contributed by atoms with E-state index in [0.29, 0.717) is 34.3 Å². The molecule has 0 fully saturated rings. The Hall–Kier alpha value is -4.77. The monoisotopic (exact) mass is 574 g/mol.